The van der Waals surface area contributed by atoms with Gasteiger partial charge in [0.2, 0.25) is 5.91 Å². The Morgan fingerprint density at radius 3 is 2.52 bits per heavy atom. The number of carbonyl (C=O) groups is 2. The predicted octanol–water partition coefficient (Wildman–Crippen LogP) is 3.89. The van der Waals surface area contributed by atoms with Crippen molar-refractivity contribution in [3.05, 3.63) is 65.9 Å². The minimum absolute atomic E-state index is 0.111. The number of anilines is 1. The van der Waals surface area contributed by atoms with Gasteiger partial charge in [0, 0.05) is 40.9 Å². The van der Waals surface area contributed by atoms with Crippen molar-refractivity contribution in [3.8, 4) is 0 Å². The van der Waals surface area contributed by atoms with Gasteiger partial charge in [-0.15, -0.1) is 0 Å². The summed E-state index contributed by atoms with van der Waals surface area (Å²) in [6, 6.07) is 15.0. The highest BCUT2D eigenvalue weighted by atomic mass is 16.2. The topological polar surface area (TPSA) is 63.1 Å². The summed E-state index contributed by atoms with van der Waals surface area (Å²) in [6.45, 7) is 5.79. The van der Waals surface area contributed by atoms with E-state index in [9.17, 15) is 9.59 Å². The maximum Gasteiger partial charge on any atom is 0.251 e. The number of nitrogens with zero attached hydrogens (tertiary/aromatic N) is 1. The highest BCUT2D eigenvalue weighted by Crippen LogP contribution is 2.21. The van der Waals surface area contributed by atoms with E-state index >= 15 is 0 Å². The van der Waals surface area contributed by atoms with Crippen LogP contribution in [0.1, 0.15) is 36.7 Å². The fourth-order valence-electron chi connectivity index (χ4n) is 3.10. The highest BCUT2D eigenvalue weighted by Gasteiger charge is 2.16. The van der Waals surface area contributed by atoms with Crippen LogP contribution in [0.3, 0.4) is 0 Å². The van der Waals surface area contributed by atoms with E-state index in [0.717, 1.165) is 16.5 Å². The van der Waals surface area contributed by atoms with Crippen molar-refractivity contribution >= 4 is 28.4 Å². The Kier molecular flexibility index (Phi) is 5.04. The van der Waals surface area contributed by atoms with E-state index in [-0.39, 0.29) is 23.8 Å². The van der Waals surface area contributed by atoms with Crippen LogP contribution in [0, 0.1) is 0 Å². The highest BCUT2D eigenvalue weighted by molar-refractivity contribution is 5.99. The molecular weight excluding hydrogens is 338 g/mol. The minimum atomic E-state index is -0.315. The number of amides is 2. The van der Waals surface area contributed by atoms with Crippen LogP contribution in [-0.2, 0) is 18.3 Å². The van der Waals surface area contributed by atoms with Crippen LogP contribution >= 0.6 is 0 Å². The number of rotatable bonds is 4. The van der Waals surface area contributed by atoms with E-state index in [0.29, 0.717) is 11.3 Å². The molecule has 0 saturated heterocycles. The minimum Gasteiger partial charge on any atom is -0.350 e. The number of hydrogen-bond acceptors (Lipinski definition) is 2. The van der Waals surface area contributed by atoms with Crippen LogP contribution in [0.15, 0.2) is 54.7 Å². The Hall–Kier alpha value is -3.08. The van der Waals surface area contributed by atoms with E-state index in [2.05, 4.69) is 10.6 Å². The summed E-state index contributed by atoms with van der Waals surface area (Å²) in [5.74, 6) is -0.271. The summed E-state index contributed by atoms with van der Waals surface area (Å²) >= 11 is 0. The molecule has 0 atom stereocenters. The van der Waals surface area contributed by atoms with Gasteiger partial charge in [-0.1, -0.05) is 24.3 Å². The SMILES string of the molecule is Cn1cc(CC(=O)Nc2cccc(C(=O)NC(C)(C)C)c2)c2ccccc21. The van der Waals surface area contributed by atoms with Crippen LogP contribution in [0.2, 0.25) is 0 Å². The Labute approximate surface area is 159 Å². The van der Waals surface area contributed by atoms with Gasteiger partial charge in [0.25, 0.3) is 5.91 Å². The van der Waals surface area contributed by atoms with E-state index in [4.69, 9.17) is 0 Å². The number of fused-ring (bicyclic) bond motifs is 1. The van der Waals surface area contributed by atoms with Gasteiger partial charge in [0.05, 0.1) is 6.42 Å². The Morgan fingerprint density at radius 1 is 1.04 bits per heavy atom. The molecule has 5 nitrogen and oxygen atoms in total. The third-order valence-corrected chi connectivity index (χ3v) is 4.23. The summed E-state index contributed by atoms with van der Waals surface area (Å²) in [6.07, 6.45) is 2.26. The number of aryl methyl sites for hydroxylation is 1. The van der Waals surface area contributed by atoms with Gasteiger partial charge in [-0.05, 0) is 50.6 Å². The maximum absolute atomic E-state index is 12.5. The van der Waals surface area contributed by atoms with E-state index < -0.39 is 0 Å². The summed E-state index contributed by atoms with van der Waals surface area (Å²) in [7, 11) is 1.97. The molecule has 0 saturated carbocycles. The standard InChI is InChI=1S/C22H25N3O2/c1-22(2,3)24-21(27)15-8-7-9-17(12-15)23-20(26)13-16-14-25(4)19-11-6-5-10-18(16)19/h5-12,14H,13H2,1-4H3,(H,23,26)(H,24,27). The molecule has 0 aliphatic rings. The molecule has 3 rings (SSSR count). The number of aromatic nitrogens is 1. The van der Waals surface area contributed by atoms with Crippen molar-refractivity contribution in [2.45, 2.75) is 32.7 Å². The molecule has 0 unspecified atom stereocenters. The zero-order valence-electron chi connectivity index (χ0n) is 16.2. The van der Waals surface area contributed by atoms with Crippen LogP contribution in [-0.4, -0.2) is 21.9 Å². The quantitative estimate of drug-likeness (QED) is 0.739. The van der Waals surface area contributed by atoms with Gasteiger partial charge in [-0.2, -0.15) is 0 Å². The Bertz CT molecular complexity index is 996. The molecule has 27 heavy (non-hydrogen) atoms. The summed E-state index contributed by atoms with van der Waals surface area (Å²) in [4.78, 5) is 24.8. The molecule has 0 spiro atoms. The zero-order valence-corrected chi connectivity index (χ0v) is 16.2. The lowest BCUT2D eigenvalue weighted by atomic mass is 10.1. The number of hydrogen-bond donors (Lipinski definition) is 2. The molecule has 0 bridgehead atoms. The lowest BCUT2D eigenvalue weighted by Gasteiger charge is -2.20. The lowest BCUT2D eigenvalue weighted by molar-refractivity contribution is -0.115. The predicted molar refractivity (Wildman–Crippen MR) is 109 cm³/mol. The third-order valence-electron chi connectivity index (χ3n) is 4.23. The van der Waals surface area contributed by atoms with E-state index in [1.165, 1.54) is 0 Å². The van der Waals surface area contributed by atoms with Gasteiger partial charge in [0.1, 0.15) is 0 Å². The van der Waals surface area contributed by atoms with Gasteiger partial charge in [-0.3, -0.25) is 9.59 Å². The molecule has 5 heteroatoms. The maximum atomic E-state index is 12.5. The molecule has 140 valence electrons. The first-order valence-corrected chi connectivity index (χ1v) is 8.98. The first-order valence-electron chi connectivity index (χ1n) is 8.98. The molecular formula is C22H25N3O2. The molecule has 2 aromatic carbocycles. The Morgan fingerprint density at radius 2 is 1.78 bits per heavy atom. The first kappa shape index (κ1) is 18.7. The second kappa shape index (κ2) is 7.27. The molecule has 3 aromatic rings. The number of benzene rings is 2. The van der Waals surface area contributed by atoms with Crippen LogP contribution < -0.4 is 10.6 Å². The molecule has 0 fully saturated rings. The average molecular weight is 363 g/mol. The first-order chi connectivity index (χ1) is 12.7. The van der Waals surface area contributed by atoms with Crippen molar-refractivity contribution in [1.82, 2.24) is 9.88 Å². The molecule has 0 aliphatic carbocycles. The van der Waals surface area contributed by atoms with Crippen molar-refractivity contribution in [1.29, 1.82) is 0 Å². The Balaban J connectivity index is 1.73. The van der Waals surface area contributed by atoms with Crippen LogP contribution in [0.5, 0.6) is 0 Å². The van der Waals surface area contributed by atoms with Crippen LogP contribution in [0.25, 0.3) is 10.9 Å². The molecule has 0 aliphatic heterocycles. The van der Waals surface area contributed by atoms with E-state index in [1.807, 2.05) is 62.8 Å². The number of para-hydroxylation sites is 1. The van der Waals surface area contributed by atoms with Gasteiger partial charge >= 0.3 is 0 Å². The summed E-state index contributed by atoms with van der Waals surface area (Å²) in [5.41, 5.74) is 2.90. The zero-order chi connectivity index (χ0) is 19.6. The molecule has 2 N–H and O–H groups in total. The monoisotopic (exact) mass is 363 g/mol. The van der Waals surface area contributed by atoms with Crippen LogP contribution in [0.4, 0.5) is 5.69 Å². The molecule has 0 radical (unpaired) electrons. The fourth-order valence-corrected chi connectivity index (χ4v) is 3.10. The second-order valence-electron chi connectivity index (χ2n) is 7.79. The van der Waals surface area contributed by atoms with Crippen molar-refractivity contribution < 1.29 is 9.59 Å². The number of nitrogens with one attached hydrogen (secondary N) is 2. The van der Waals surface area contributed by atoms with Crippen molar-refractivity contribution in [3.63, 3.8) is 0 Å². The van der Waals surface area contributed by atoms with E-state index in [1.54, 1.807) is 24.3 Å². The number of carbonyl (C=O) groups excluding carboxylic acids is 2. The molecule has 1 heterocycles. The normalized spacial score (nSPS) is 11.4. The van der Waals surface area contributed by atoms with Crippen molar-refractivity contribution in [2.24, 2.45) is 7.05 Å². The molecule has 1 aromatic heterocycles. The van der Waals surface area contributed by atoms with Gasteiger partial charge in [-0.25, -0.2) is 0 Å². The van der Waals surface area contributed by atoms with Gasteiger partial charge in [0.15, 0.2) is 0 Å². The summed E-state index contributed by atoms with van der Waals surface area (Å²) < 4.78 is 2.02. The lowest BCUT2D eigenvalue weighted by Crippen LogP contribution is -2.40. The third kappa shape index (κ3) is 4.56. The van der Waals surface area contributed by atoms with Crippen molar-refractivity contribution in [2.75, 3.05) is 5.32 Å². The fraction of sp³-hybridized carbons (Fsp3) is 0.273. The average Bonchev–Trinajstić information content (AvgIpc) is 2.90. The summed E-state index contributed by atoms with van der Waals surface area (Å²) in [5, 5.41) is 6.90. The molecule has 2 amide bonds. The largest absolute Gasteiger partial charge is 0.350 e. The second-order valence-corrected chi connectivity index (χ2v) is 7.79. The smallest absolute Gasteiger partial charge is 0.251 e. The van der Waals surface area contributed by atoms with Gasteiger partial charge < -0.3 is 15.2 Å².